The summed E-state index contributed by atoms with van der Waals surface area (Å²) in [6, 6.07) is 12.4. The van der Waals surface area contributed by atoms with Gasteiger partial charge in [0.1, 0.15) is 11.5 Å². The van der Waals surface area contributed by atoms with Crippen molar-refractivity contribution in [1.82, 2.24) is 0 Å². The average Bonchev–Trinajstić information content (AvgIpc) is 3.36. The van der Waals surface area contributed by atoms with Crippen LogP contribution < -0.4 is 14.8 Å². The smallest absolute Gasteiger partial charge is 0.228 e. The highest BCUT2D eigenvalue weighted by molar-refractivity contribution is 7.90. The van der Waals surface area contributed by atoms with Crippen LogP contribution in [-0.4, -0.2) is 34.3 Å². The number of fused-ring (bicyclic) bond motifs is 2. The number of carbonyl (C=O) groups excluding carboxylic acids is 1. The predicted octanol–water partition coefficient (Wildman–Crippen LogP) is 2.78. The van der Waals surface area contributed by atoms with Gasteiger partial charge in [-0.3, -0.25) is 4.79 Å². The maximum Gasteiger partial charge on any atom is 0.228 e. The van der Waals surface area contributed by atoms with E-state index in [1.54, 1.807) is 6.07 Å². The van der Waals surface area contributed by atoms with Gasteiger partial charge in [0, 0.05) is 34.9 Å². The van der Waals surface area contributed by atoms with Crippen LogP contribution in [0.1, 0.15) is 18.4 Å². The Morgan fingerprint density at radius 3 is 2.78 bits per heavy atom. The Balaban J connectivity index is 1.59. The van der Waals surface area contributed by atoms with Crippen LogP contribution in [0, 0.1) is 5.92 Å². The Bertz CT molecular complexity index is 1020. The van der Waals surface area contributed by atoms with Crippen LogP contribution in [-0.2, 0) is 20.0 Å². The van der Waals surface area contributed by atoms with E-state index in [-0.39, 0.29) is 22.1 Å². The van der Waals surface area contributed by atoms with Crippen LogP contribution in [0.5, 0.6) is 11.5 Å². The van der Waals surface area contributed by atoms with Gasteiger partial charge in [-0.05, 0) is 31.0 Å². The molecule has 0 unspecified atom stereocenters. The van der Waals surface area contributed by atoms with Gasteiger partial charge in [-0.15, -0.1) is 0 Å². The summed E-state index contributed by atoms with van der Waals surface area (Å²) in [7, 11) is -1.95. The van der Waals surface area contributed by atoms with Crippen LogP contribution in [0.4, 0.5) is 5.69 Å². The third-order valence-corrected chi connectivity index (χ3v) is 6.52. The van der Waals surface area contributed by atoms with Gasteiger partial charge in [-0.1, -0.05) is 18.2 Å². The Morgan fingerprint density at radius 2 is 2.04 bits per heavy atom. The quantitative estimate of drug-likeness (QED) is 0.872. The molecule has 0 aromatic heterocycles. The molecule has 1 fully saturated rings. The molecule has 1 amide bonds. The van der Waals surface area contributed by atoms with E-state index in [1.165, 1.54) is 19.2 Å². The standard InChI is InChI=1S/C20H21NO5S/c1-25-14-9-13(10-15(11-14)27(2,23)24)21-19(22)17-12-20(17)7-8-26-18-6-4-3-5-16(18)20/h3-6,9-11,17H,7-8,12H2,1-2H3,(H,21,22)/t17-,20-/m0/s1. The second-order valence-electron chi connectivity index (χ2n) is 7.17. The van der Waals surface area contributed by atoms with Gasteiger partial charge in [0.25, 0.3) is 0 Å². The minimum Gasteiger partial charge on any atom is -0.497 e. The minimum absolute atomic E-state index is 0.110. The molecular weight excluding hydrogens is 366 g/mol. The number of sulfone groups is 1. The van der Waals surface area contributed by atoms with E-state index < -0.39 is 9.84 Å². The first-order valence-corrected chi connectivity index (χ1v) is 10.6. The van der Waals surface area contributed by atoms with E-state index in [4.69, 9.17) is 9.47 Å². The average molecular weight is 387 g/mol. The minimum atomic E-state index is -3.41. The SMILES string of the molecule is COc1cc(NC(=O)[C@@H]2C[C@]23CCOc2ccccc23)cc(S(C)(=O)=O)c1. The first-order chi connectivity index (χ1) is 12.8. The van der Waals surface area contributed by atoms with Crippen molar-refractivity contribution in [1.29, 1.82) is 0 Å². The number of nitrogens with one attached hydrogen (secondary N) is 1. The summed E-state index contributed by atoms with van der Waals surface area (Å²) in [5.74, 6) is 0.963. The lowest BCUT2D eigenvalue weighted by Gasteiger charge is -2.26. The molecule has 1 heterocycles. The van der Waals surface area contributed by atoms with Crippen LogP contribution >= 0.6 is 0 Å². The number of rotatable bonds is 4. The predicted molar refractivity (Wildman–Crippen MR) is 101 cm³/mol. The van der Waals surface area contributed by atoms with E-state index >= 15 is 0 Å². The van der Waals surface area contributed by atoms with Crippen molar-refractivity contribution < 1.29 is 22.7 Å². The molecule has 142 valence electrons. The zero-order chi connectivity index (χ0) is 19.2. The summed E-state index contributed by atoms with van der Waals surface area (Å²) in [4.78, 5) is 13.0. The first-order valence-electron chi connectivity index (χ1n) is 8.76. The molecule has 2 aliphatic rings. The Labute approximate surface area is 158 Å². The molecule has 4 rings (SSSR count). The molecule has 0 radical (unpaired) electrons. The van der Waals surface area contributed by atoms with Crippen molar-refractivity contribution in [2.45, 2.75) is 23.2 Å². The van der Waals surface area contributed by atoms with Crippen molar-refractivity contribution in [2.75, 3.05) is 25.3 Å². The molecule has 1 N–H and O–H groups in total. The van der Waals surface area contributed by atoms with E-state index in [0.717, 1.165) is 30.4 Å². The molecule has 27 heavy (non-hydrogen) atoms. The van der Waals surface area contributed by atoms with E-state index in [0.29, 0.717) is 18.0 Å². The highest BCUT2D eigenvalue weighted by atomic mass is 32.2. The number of hydrogen-bond acceptors (Lipinski definition) is 5. The molecule has 1 aliphatic heterocycles. The number of carbonyl (C=O) groups is 1. The Hall–Kier alpha value is -2.54. The zero-order valence-corrected chi connectivity index (χ0v) is 16.0. The lowest BCUT2D eigenvalue weighted by atomic mass is 9.87. The molecule has 7 heteroatoms. The number of hydrogen-bond donors (Lipinski definition) is 1. The third-order valence-electron chi connectivity index (χ3n) is 5.43. The first kappa shape index (κ1) is 17.9. The maximum absolute atomic E-state index is 12.9. The molecule has 0 bridgehead atoms. The van der Waals surface area contributed by atoms with Crippen molar-refractivity contribution in [3.05, 3.63) is 48.0 Å². The summed E-state index contributed by atoms with van der Waals surface area (Å²) in [5.41, 5.74) is 1.32. The second kappa shape index (κ2) is 6.27. The summed E-state index contributed by atoms with van der Waals surface area (Å²) in [6.07, 6.45) is 2.69. The fraction of sp³-hybridized carbons (Fsp3) is 0.350. The summed E-state index contributed by atoms with van der Waals surface area (Å²) in [6.45, 7) is 0.595. The van der Waals surface area contributed by atoms with Crippen molar-refractivity contribution >= 4 is 21.4 Å². The number of anilines is 1. The van der Waals surface area contributed by atoms with Gasteiger partial charge < -0.3 is 14.8 Å². The number of para-hydroxylation sites is 1. The van der Waals surface area contributed by atoms with Crippen LogP contribution in [0.3, 0.4) is 0 Å². The lowest BCUT2D eigenvalue weighted by Crippen LogP contribution is -2.26. The second-order valence-corrected chi connectivity index (χ2v) is 9.18. The molecule has 6 nitrogen and oxygen atoms in total. The van der Waals surface area contributed by atoms with E-state index in [1.807, 2.05) is 24.3 Å². The third kappa shape index (κ3) is 3.16. The van der Waals surface area contributed by atoms with Crippen LogP contribution in [0.2, 0.25) is 0 Å². The number of amides is 1. The molecule has 1 saturated carbocycles. The molecule has 0 saturated heterocycles. The molecule has 2 aromatic rings. The van der Waals surface area contributed by atoms with Gasteiger partial charge in [0.05, 0.1) is 18.6 Å². The monoisotopic (exact) mass is 387 g/mol. The molecule has 1 aliphatic carbocycles. The van der Waals surface area contributed by atoms with E-state index in [9.17, 15) is 13.2 Å². The number of methoxy groups -OCH3 is 1. The van der Waals surface area contributed by atoms with Gasteiger partial charge in [-0.2, -0.15) is 0 Å². The Kier molecular flexibility index (Phi) is 4.14. The van der Waals surface area contributed by atoms with Gasteiger partial charge in [0.15, 0.2) is 9.84 Å². The van der Waals surface area contributed by atoms with Gasteiger partial charge >= 0.3 is 0 Å². The summed E-state index contributed by atoms with van der Waals surface area (Å²) in [5, 5.41) is 2.87. The van der Waals surface area contributed by atoms with Crippen LogP contribution in [0.15, 0.2) is 47.4 Å². The number of benzene rings is 2. The van der Waals surface area contributed by atoms with Crippen molar-refractivity contribution in [3.8, 4) is 11.5 Å². The zero-order valence-electron chi connectivity index (χ0n) is 15.2. The highest BCUT2D eigenvalue weighted by Gasteiger charge is 2.60. The van der Waals surface area contributed by atoms with Gasteiger partial charge in [0.2, 0.25) is 5.91 Å². The molecule has 1 spiro atoms. The molecule has 2 atom stereocenters. The highest BCUT2D eigenvalue weighted by Crippen LogP contribution is 2.60. The van der Waals surface area contributed by atoms with E-state index in [2.05, 4.69) is 5.32 Å². The largest absolute Gasteiger partial charge is 0.497 e. The van der Waals surface area contributed by atoms with Crippen molar-refractivity contribution in [3.63, 3.8) is 0 Å². The topological polar surface area (TPSA) is 81.7 Å². The fourth-order valence-corrected chi connectivity index (χ4v) is 4.58. The molecular formula is C20H21NO5S. The van der Waals surface area contributed by atoms with Crippen LogP contribution in [0.25, 0.3) is 0 Å². The van der Waals surface area contributed by atoms with Gasteiger partial charge in [-0.25, -0.2) is 8.42 Å². The lowest BCUT2D eigenvalue weighted by molar-refractivity contribution is -0.117. The number of ether oxygens (including phenoxy) is 2. The summed E-state index contributed by atoms with van der Waals surface area (Å²) < 4.78 is 34.7. The van der Waals surface area contributed by atoms with Crippen molar-refractivity contribution in [2.24, 2.45) is 5.92 Å². The summed E-state index contributed by atoms with van der Waals surface area (Å²) >= 11 is 0. The normalized spacial score (nSPS) is 23.3. The maximum atomic E-state index is 12.9. The fourth-order valence-electron chi connectivity index (χ4n) is 3.91. The Morgan fingerprint density at radius 1 is 1.26 bits per heavy atom. The molecule has 2 aromatic carbocycles.